The highest BCUT2D eigenvalue weighted by atomic mass is 32.2. The second kappa shape index (κ2) is 7.57. The molecule has 3 rings (SSSR count). The highest BCUT2D eigenvalue weighted by Gasteiger charge is 2.14. The van der Waals surface area contributed by atoms with Crippen LogP contribution in [0.4, 0.5) is 13.2 Å². The van der Waals surface area contributed by atoms with Crippen molar-refractivity contribution in [2.45, 2.75) is 17.5 Å². The number of hydrogen-bond donors (Lipinski definition) is 0. The molecule has 3 aromatic rings. The molecule has 0 N–H and O–H groups in total. The predicted octanol–water partition coefficient (Wildman–Crippen LogP) is 4.84. The predicted molar refractivity (Wildman–Crippen MR) is 91.5 cm³/mol. The van der Waals surface area contributed by atoms with Gasteiger partial charge < -0.3 is 0 Å². The number of aromatic nitrogens is 3. The van der Waals surface area contributed by atoms with Gasteiger partial charge in [0.2, 0.25) is 0 Å². The molecule has 0 unspecified atom stereocenters. The Labute approximate surface area is 147 Å². The Kier molecular flexibility index (Phi) is 5.23. The Hall–Kier alpha value is -2.54. The molecule has 0 fully saturated rings. The summed E-state index contributed by atoms with van der Waals surface area (Å²) >= 11 is 1.31. The molecular weight excluding hydrogens is 347 g/mol. The van der Waals surface area contributed by atoms with Crippen molar-refractivity contribution in [1.29, 1.82) is 0 Å². The van der Waals surface area contributed by atoms with E-state index >= 15 is 0 Å². The summed E-state index contributed by atoms with van der Waals surface area (Å²) in [7, 11) is 0. The van der Waals surface area contributed by atoms with E-state index < -0.39 is 11.6 Å². The topological polar surface area (TPSA) is 30.7 Å². The summed E-state index contributed by atoms with van der Waals surface area (Å²) in [5.74, 6) is -0.646. The third-order valence-electron chi connectivity index (χ3n) is 3.42. The summed E-state index contributed by atoms with van der Waals surface area (Å²) in [6.45, 7) is 4.18. The maximum atomic E-state index is 13.3. The van der Waals surface area contributed by atoms with Crippen molar-refractivity contribution < 1.29 is 13.2 Å². The summed E-state index contributed by atoms with van der Waals surface area (Å²) in [6, 6.07) is 9.34. The van der Waals surface area contributed by atoms with E-state index in [0.29, 0.717) is 28.8 Å². The molecule has 7 heteroatoms. The van der Waals surface area contributed by atoms with Crippen molar-refractivity contribution in [3.8, 4) is 11.4 Å². The van der Waals surface area contributed by atoms with Crippen molar-refractivity contribution in [1.82, 2.24) is 14.8 Å². The lowest BCUT2D eigenvalue weighted by Crippen LogP contribution is -2.01. The van der Waals surface area contributed by atoms with Gasteiger partial charge in [-0.1, -0.05) is 17.8 Å². The van der Waals surface area contributed by atoms with E-state index in [0.717, 1.165) is 11.6 Å². The Morgan fingerprint density at radius 3 is 2.28 bits per heavy atom. The number of halogens is 3. The zero-order valence-electron chi connectivity index (χ0n) is 13.1. The molecule has 0 atom stereocenters. The second-order valence-electron chi connectivity index (χ2n) is 5.28. The molecule has 0 amide bonds. The second-order valence-corrected chi connectivity index (χ2v) is 6.22. The van der Waals surface area contributed by atoms with Crippen molar-refractivity contribution in [2.24, 2.45) is 0 Å². The Balaban J connectivity index is 1.86. The first kappa shape index (κ1) is 17.3. The van der Waals surface area contributed by atoms with Gasteiger partial charge in [0, 0.05) is 23.9 Å². The Morgan fingerprint density at radius 2 is 1.64 bits per heavy atom. The molecule has 0 aliphatic heterocycles. The first-order valence-electron chi connectivity index (χ1n) is 7.44. The number of allylic oxidation sites excluding steroid dienone is 1. The van der Waals surface area contributed by atoms with E-state index in [1.165, 1.54) is 36.0 Å². The molecule has 2 aromatic carbocycles. The van der Waals surface area contributed by atoms with Crippen LogP contribution < -0.4 is 0 Å². The van der Waals surface area contributed by atoms with Gasteiger partial charge in [-0.2, -0.15) is 0 Å². The fraction of sp³-hybridized carbons (Fsp3) is 0.111. The first-order valence-corrected chi connectivity index (χ1v) is 8.43. The van der Waals surface area contributed by atoms with Gasteiger partial charge in [-0.15, -0.1) is 16.8 Å². The first-order chi connectivity index (χ1) is 12.1. The van der Waals surface area contributed by atoms with Gasteiger partial charge >= 0.3 is 0 Å². The van der Waals surface area contributed by atoms with Crippen LogP contribution in [0.1, 0.15) is 5.56 Å². The molecule has 0 aliphatic carbocycles. The molecule has 0 saturated heterocycles. The van der Waals surface area contributed by atoms with Crippen molar-refractivity contribution in [3.63, 3.8) is 0 Å². The quantitative estimate of drug-likeness (QED) is 0.465. The van der Waals surface area contributed by atoms with Crippen LogP contribution in [0.25, 0.3) is 11.4 Å². The molecular formula is C18H14F3N3S. The fourth-order valence-electron chi connectivity index (χ4n) is 2.34. The summed E-state index contributed by atoms with van der Waals surface area (Å²) in [5.41, 5.74) is 1.23. The lowest BCUT2D eigenvalue weighted by Gasteiger charge is -2.08. The zero-order valence-corrected chi connectivity index (χ0v) is 13.9. The minimum atomic E-state index is -0.616. The van der Waals surface area contributed by atoms with Gasteiger partial charge in [0.15, 0.2) is 11.0 Å². The van der Waals surface area contributed by atoms with E-state index in [2.05, 4.69) is 16.8 Å². The molecule has 0 saturated carbocycles. The highest BCUT2D eigenvalue weighted by molar-refractivity contribution is 7.98. The number of hydrogen-bond acceptors (Lipinski definition) is 3. The molecule has 1 aromatic heterocycles. The van der Waals surface area contributed by atoms with Crippen LogP contribution in [-0.2, 0) is 12.3 Å². The van der Waals surface area contributed by atoms with Crippen LogP contribution in [0.2, 0.25) is 0 Å². The number of rotatable bonds is 6. The number of benzene rings is 2. The van der Waals surface area contributed by atoms with Crippen LogP contribution >= 0.6 is 11.8 Å². The average Bonchev–Trinajstić information content (AvgIpc) is 2.96. The fourth-order valence-corrected chi connectivity index (χ4v) is 3.22. The Morgan fingerprint density at radius 1 is 0.960 bits per heavy atom. The summed E-state index contributed by atoms with van der Waals surface area (Å²) in [4.78, 5) is 0. The van der Waals surface area contributed by atoms with Crippen LogP contribution in [0.3, 0.4) is 0 Å². The molecule has 0 bridgehead atoms. The standard InChI is InChI=1S/C18H14F3N3S/c1-2-7-24-17(13-3-5-14(19)6-4-13)22-23-18(24)25-11-12-8-15(20)10-16(21)9-12/h2-6,8-10H,1,7,11H2. The van der Waals surface area contributed by atoms with Gasteiger partial charge in [0.05, 0.1) is 0 Å². The summed E-state index contributed by atoms with van der Waals surface area (Å²) in [5, 5.41) is 8.88. The van der Waals surface area contributed by atoms with Crippen molar-refractivity contribution in [2.75, 3.05) is 0 Å². The van der Waals surface area contributed by atoms with E-state index in [-0.39, 0.29) is 5.82 Å². The maximum absolute atomic E-state index is 13.3. The third-order valence-corrected chi connectivity index (χ3v) is 4.46. The molecule has 128 valence electrons. The van der Waals surface area contributed by atoms with Gasteiger partial charge in [0.25, 0.3) is 0 Å². The SMILES string of the molecule is C=CCn1c(SCc2cc(F)cc(F)c2)nnc1-c1ccc(F)cc1. The molecule has 1 heterocycles. The molecule has 0 aliphatic rings. The van der Waals surface area contributed by atoms with E-state index in [1.807, 2.05) is 4.57 Å². The summed E-state index contributed by atoms with van der Waals surface area (Å²) in [6.07, 6.45) is 1.70. The van der Waals surface area contributed by atoms with Crippen LogP contribution in [0.15, 0.2) is 60.3 Å². The lowest BCUT2D eigenvalue weighted by atomic mass is 10.2. The zero-order chi connectivity index (χ0) is 17.8. The average molecular weight is 361 g/mol. The minimum Gasteiger partial charge on any atom is -0.298 e. The smallest absolute Gasteiger partial charge is 0.192 e. The van der Waals surface area contributed by atoms with Crippen LogP contribution in [0.5, 0.6) is 0 Å². The van der Waals surface area contributed by atoms with Crippen molar-refractivity contribution in [3.05, 3.63) is 78.1 Å². The maximum Gasteiger partial charge on any atom is 0.192 e. The molecule has 0 radical (unpaired) electrons. The van der Waals surface area contributed by atoms with E-state index in [4.69, 9.17) is 0 Å². The highest BCUT2D eigenvalue weighted by Crippen LogP contribution is 2.27. The van der Waals surface area contributed by atoms with Gasteiger partial charge in [0.1, 0.15) is 17.5 Å². The van der Waals surface area contributed by atoms with Gasteiger partial charge in [-0.25, -0.2) is 13.2 Å². The number of nitrogens with zero attached hydrogens (tertiary/aromatic N) is 3. The Bertz CT molecular complexity index is 871. The van der Waals surface area contributed by atoms with E-state index in [9.17, 15) is 13.2 Å². The summed E-state index contributed by atoms with van der Waals surface area (Å²) < 4.78 is 41.5. The van der Waals surface area contributed by atoms with Crippen LogP contribution in [-0.4, -0.2) is 14.8 Å². The largest absolute Gasteiger partial charge is 0.298 e. The monoisotopic (exact) mass is 361 g/mol. The lowest BCUT2D eigenvalue weighted by molar-refractivity contribution is 0.581. The normalized spacial score (nSPS) is 10.8. The van der Waals surface area contributed by atoms with Gasteiger partial charge in [-0.05, 0) is 42.0 Å². The van der Waals surface area contributed by atoms with Crippen LogP contribution in [0, 0.1) is 17.5 Å². The minimum absolute atomic E-state index is 0.332. The van der Waals surface area contributed by atoms with Gasteiger partial charge in [-0.3, -0.25) is 4.57 Å². The number of thioether (sulfide) groups is 1. The molecule has 0 spiro atoms. The third kappa shape index (κ3) is 4.11. The molecule has 3 nitrogen and oxygen atoms in total. The van der Waals surface area contributed by atoms with E-state index in [1.54, 1.807) is 18.2 Å². The molecule has 25 heavy (non-hydrogen) atoms. The van der Waals surface area contributed by atoms with Crippen molar-refractivity contribution >= 4 is 11.8 Å².